The topological polar surface area (TPSA) is 35.2 Å². The average Bonchev–Trinajstić information content (AvgIpc) is 2.25. The molecule has 2 rings (SSSR count). The second-order valence-electron chi connectivity index (χ2n) is 3.22. The van der Waals surface area contributed by atoms with E-state index in [1.807, 2.05) is 24.3 Å². The molecule has 0 amide bonds. The third kappa shape index (κ3) is 2.49. The maximum atomic E-state index is 6.01. The fourth-order valence-corrected chi connectivity index (χ4v) is 1.84. The number of hydrogen-bond donors (Lipinski definition) is 1. The van der Waals surface area contributed by atoms with Gasteiger partial charge in [-0.2, -0.15) is 0 Å². The first-order chi connectivity index (χ1) is 7.66. The van der Waals surface area contributed by atoms with Crippen molar-refractivity contribution < 1.29 is 4.74 Å². The van der Waals surface area contributed by atoms with Crippen LogP contribution in [0.3, 0.4) is 0 Å². The van der Waals surface area contributed by atoms with Crippen molar-refractivity contribution in [2.75, 3.05) is 5.73 Å². The van der Waals surface area contributed by atoms with Gasteiger partial charge < -0.3 is 10.5 Å². The lowest BCUT2D eigenvalue weighted by Crippen LogP contribution is -1.89. The van der Waals surface area contributed by atoms with Gasteiger partial charge in [-0.15, -0.1) is 0 Å². The third-order valence-electron chi connectivity index (χ3n) is 2.01. The van der Waals surface area contributed by atoms with Crippen molar-refractivity contribution >= 4 is 33.2 Å². The fraction of sp³-hybridized carbons (Fsp3) is 0. The van der Waals surface area contributed by atoms with Gasteiger partial charge in [-0.25, -0.2) is 0 Å². The Kier molecular flexibility index (Phi) is 3.36. The zero-order valence-electron chi connectivity index (χ0n) is 8.28. The van der Waals surface area contributed by atoms with Crippen LogP contribution in [0, 0.1) is 0 Å². The highest BCUT2D eigenvalue weighted by Gasteiger charge is 2.05. The molecular formula is C12H9BrClNO. The molecule has 0 radical (unpaired) electrons. The maximum absolute atomic E-state index is 6.01. The summed E-state index contributed by atoms with van der Waals surface area (Å²) in [7, 11) is 0. The van der Waals surface area contributed by atoms with Crippen LogP contribution in [-0.4, -0.2) is 0 Å². The second-order valence-corrected chi connectivity index (χ2v) is 4.48. The molecule has 0 aromatic heterocycles. The van der Waals surface area contributed by atoms with E-state index in [2.05, 4.69) is 15.9 Å². The van der Waals surface area contributed by atoms with Crippen molar-refractivity contribution in [3.63, 3.8) is 0 Å². The highest BCUT2D eigenvalue weighted by molar-refractivity contribution is 9.10. The van der Waals surface area contributed by atoms with Crippen LogP contribution < -0.4 is 10.5 Å². The van der Waals surface area contributed by atoms with Gasteiger partial charge in [0.1, 0.15) is 11.5 Å². The molecule has 0 aliphatic carbocycles. The number of halogens is 2. The van der Waals surface area contributed by atoms with Crippen LogP contribution >= 0.6 is 27.5 Å². The lowest BCUT2D eigenvalue weighted by molar-refractivity contribution is 0.480. The normalized spacial score (nSPS) is 10.1. The van der Waals surface area contributed by atoms with E-state index in [1.165, 1.54) is 0 Å². The molecule has 0 bridgehead atoms. The molecule has 16 heavy (non-hydrogen) atoms. The van der Waals surface area contributed by atoms with Crippen LogP contribution in [0.1, 0.15) is 0 Å². The van der Waals surface area contributed by atoms with E-state index in [4.69, 9.17) is 22.1 Å². The van der Waals surface area contributed by atoms with E-state index >= 15 is 0 Å². The maximum Gasteiger partial charge on any atom is 0.146 e. The molecule has 2 aromatic carbocycles. The number of anilines is 1. The predicted octanol–water partition coefficient (Wildman–Crippen LogP) is 4.48. The molecule has 0 fully saturated rings. The van der Waals surface area contributed by atoms with E-state index < -0.39 is 0 Å². The second kappa shape index (κ2) is 4.76. The Labute approximate surface area is 107 Å². The van der Waals surface area contributed by atoms with Gasteiger partial charge in [0.05, 0.1) is 9.50 Å². The van der Waals surface area contributed by atoms with Crippen LogP contribution in [0.5, 0.6) is 11.5 Å². The molecule has 2 N–H and O–H groups in total. The highest BCUT2D eigenvalue weighted by Crippen LogP contribution is 2.34. The van der Waals surface area contributed by atoms with Gasteiger partial charge in [-0.1, -0.05) is 23.7 Å². The van der Waals surface area contributed by atoms with Gasteiger partial charge >= 0.3 is 0 Å². The largest absolute Gasteiger partial charge is 0.455 e. The van der Waals surface area contributed by atoms with Crippen molar-refractivity contribution in [3.8, 4) is 11.5 Å². The van der Waals surface area contributed by atoms with E-state index in [0.29, 0.717) is 22.2 Å². The SMILES string of the molecule is Nc1ccc(Oc2ccccc2Br)c(Cl)c1. The van der Waals surface area contributed by atoms with Gasteiger partial charge in [0, 0.05) is 5.69 Å². The Bertz CT molecular complexity index is 516. The van der Waals surface area contributed by atoms with Crippen LogP contribution in [-0.2, 0) is 0 Å². The summed E-state index contributed by atoms with van der Waals surface area (Å²) in [4.78, 5) is 0. The smallest absolute Gasteiger partial charge is 0.146 e. The molecule has 4 heteroatoms. The van der Waals surface area contributed by atoms with Crippen molar-refractivity contribution in [3.05, 3.63) is 52.0 Å². The summed E-state index contributed by atoms with van der Waals surface area (Å²) in [6.45, 7) is 0. The predicted molar refractivity (Wildman–Crippen MR) is 70.1 cm³/mol. The Morgan fingerprint density at radius 2 is 1.81 bits per heavy atom. The van der Waals surface area contributed by atoms with Crippen molar-refractivity contribution in [1.82, 2.24) is 0 Å². The molecule has 2 aromatic rings. The lowest BCUT2D eigenvalue weighted by Gasteiger charge is -2.09. The molecule has 0 heterocycles. The van der Waals surface area contributed by atoms with E-state index in [9.17, 15) is 0 Å². The Balaban J connectivity index is 2.31. The van der Waals surface area contributed by atoms with Gasteiger partial charge in [-0.3, -0.25) is 0 Å². The summed E-state index contributed by atoms with van der Waals surface area (Å²) in [6, 6.07) is 12.7. The summed E-state index contributed by atoms with van der Waals surface area (Å²) in [5.41, 5.74) is 6.22. The number of para-hydroxylation sites is 1. The summed E-state index contributed by atoms with van der Waals surface area (Å²) >= 11 is 9.41. The Morgan fingerprint density at radius 3 is 2.50 bits per heavy atom. The minimum Gasteiger partial charge on any atom is -0.455 e. The number of benzene rings is 2. The van der Waals surface area contributed by atoms with Crippen LogP contribution in [0.4, 0.5) is 5.69 Å². The minimum atomic E-state index is 0.496. The quantitative estimate of drug-likeness (QED) is 0.830. The molecule has 0 atom stereocenters. The fourth-order valence-electron chi connectivity index (χ4n) is 1.25. The molecule has 0 aliphatic heterocycles. The summed E-state index contributed by atoms with van der Waals surface area (Å²) in [6.07, 6.45) is 0. The van der Waals surface area contributed by atoms with Gasteiger partial charge in [-0.05, 0) is 46.3 Å². The van der Waals surface area contributed by atoms with Crippen molar-refractivity contribution in [2.45, 2.75) is 0 Å². The van der Waals surface area contributed by atoms with Crippen LogP contribution in [0.15, 0.2) is 46.9 Å². The standard InChI is InChI=1S/C12H9BrClNO/c13-9-3-1-2-4-11(9)16-12-6-5-8(15)7-10(12)14/h1-7H,15H2. The lowest BCUT2D eigenvalue weighted by atomic mass is 10.3. The van der Waals surface area contributed by atoms with Crippen molar-refractivity contribution in [1.29, 1.82) is 0 Å². The summed E-state index contributed by atoms with van der Waals surface area (Å²) in [5, 5.41) is 0.496. The Morgan fingerprint density at radius 1 is 1.06 bits per heavy atom. The van der Waals surface area contributed by atoms with E-state index in [1.54, 1.807) is 18.2 Å². The van der Waals surface area contributed by atoms with E-state index in [0.717, 1.165) is 4.47 Å². The number of ether oxygens (including phenoxy) is 1. The molecule has 0 unspecified atom stereocenters. The number of nitrogen functional groups attached to an aromatic ring is 1. The zero-order chi connectivity index (χ0) is 11.5. The first kappa shape index (κ1) is 11.3. The van der Waals surface area contributed by atoms with Gasteiger partial charge in [0.15, 0.2) is 0 Å². The summed E-state index contributed by atoms with van der Waals surface area (Å²) < 4.78 is 6.54. The summed E-state index contributed by atoms with van der Waals surface area (Å²) in [5.74, 6) is 1.30. The molecular weight excluding hydrogens is 289 g/mol. The van der Waals surface area contributed by atoms with Gasteiger partial charge in [0.2, 0.25) is 0 Å². The number of rotatable bonds is 2. The first-order valence-electron chi connectivity index (χ1n) is 4.64. The Hall–Kier alpha value is -1.19. The van der Waals surface area contributed by atoms with Crippen molar-refractivity contribution in [2.24, 2.45) is 0 Å². The van der Waals surface area contributed by atoms with Gasteiger partial charge in [0.25, 0.3) is 0 Å². The number of hydrogen-bond acceptors (Lipinski definition) is 2. The molecule has 0 saturated carbocycles. The highest BCUT2D eigenvalue weighted by atomic mass is 79.9. The molecule has 0 aliphatic rings. The molecule has 2 nitrogen and oxygen atoms in total. The molecule has 82 valence electrons. The average molecular weight is 299 g/mol. The monoisotopic (exact) mass is 297 g/mol. The third-order valence-corrected chi connectivity index (χ3v) is 2.96. The van der Waals surface area contributed by atoms with Crippen LogP contribution in [0.25, 0.3) is 0 Å². The van der Waals surface area contributed by atoms with E-state index in [-0.39, 0.29) is 0 Å². The van der Waals surface area contributed by atoms with Crippen LogP contribution in [0.2, 0.25) is 5.02 Å². The zero-order valence-corrected chi connectivity index (χ0v) is 10.6. The molecule has 0 saturated heterocycles. The number of nitrogens with two attached hydrogens (primary N) is 1. The first-order valence-corrected chi connectivity index (χ1v) is 5.81. The minimum absolute atomic E-state index is 0.496. The molecule has 0 spiro atoms.